The maximum Gasteiger partial charge on any atom is 0.673 e. The lowest BCUT2D eigenvalue weighted by Gasteiger charge is -1.94. The molecule has 1 aromatic heterocycles. The summed E-state index contributed by atoms with van der Waals surface area (Å²) in [6, 6.07) is 7.79. The van der Waals surface area contributed by atoms with Crippen LogP contribution in [0.5, 0.6) is 0 Å². The molecule has 0 aliphatic carbocycles. The van der Waals surface area contributed by atoms with Gasteiger partial charge in [-0.15, -0.1) is 4.48 Å². The van der Waals surface area contributed by atoms with Gasteiger partial charge in [-0.05, 0) is 18.2 Å². The number of halogens is 14. The molecule has 3 N–H and O–H groups in total. The largest absolute Gasteiger partial charge is 0.673 e. The van der Waals surface area contributed by atoms with Crippen molar-refractivity contribution in [2.75, 3.05) is 0 Å². The maximum absolute atomic E-state index is 9.75. The van der Waals surface area contributed by atoms with E-state index >= 15 is 0 Å². The molecule has 0 amide bonds. The third kappa shape index (κ3) is 46.4. The van der Waals surface area contributed by atoms with Crippen LogP contribution in [0.1, 0.15) is 13.8 Å². The van der Waals surface area contributed by atoms with E-state index in [-0.39, 0.29) is 0 Å². The van der Waals surface area contributed by atoms with E-state index in [0.717, 1.165) is 15.9 Å². The molecular weight excluding hydrogens is 463 g/mol. The summed E-state index contributed by atoms with van der Waals surface area (Å²) >= 11 is 5.88. The number of fused-ring (bicyclic) bond motifs is 1. The maximum atomic E-state index is 9.75. The van der Waals surface area contributed by atoms with Gasteiger partial charge in [0.05, 0.1) is 0 Å². The molecule has 1 heterocycles. The SMILES string of the molecule is CC.Clc1cccc2[nH]ccc12.F[B-](F)(F)F.F[B-](F)(F)F.F[B-](F)(F)F.NF. The Morgan fingerprint density at radius 1 is 0.690 bits per heavy atom. The van der Waals surface area contributed by atoms with E-state index in [4.69, 9.17) is 16.1 Å². The number of rotatable bonds is 0. The first-order valence-corrected chi connectivity index (χ1v) is 7.31. The Labute approximate surface area is 161 Å². The average molecular weight is 477 g/mol. The number of aromatic amines is 1. The third-order valence-corrected chi connectivity index (χ3v) is 1.87. The quantitative estimate of drug-likeness (QED) is 0.229. The van der Waals surface area contributed by atoms with Crippen LogP contribution in [0.2, 0.25) is 5.02 Å². The van der Waals surface area contributed by atoms with Crippen LogP contribution in [0.25, 0.3) is 10.9 Å². The normalized spacial score (nSPS) is 10.2. The van der Waals surface area contributed by atoms with Crippen LogP contribution in [0.3, 0.4) is 0 Å². The van der Waals surface area contributed by atoms with Crippen LogP contribution in [-0.2, 0) is 0 Å². The van der Waals surface area contributed by atoms with E-state index in [0.29, 0.717) is 0 Å². The van der Waals surface area contributed by atoms with Crippen molar-refractivity contribution in [2.45, 2.75) is 13.8 Å². The molecule has 174 valence electrons. The van der Waals surface area contributed by atoms with Gasteiger partial charge in [0.2, 0.25) is 0 Å². The van der Waals surface area contributed by atoms with Crippen molar-refractivity contribution in [3.8, 4) is 0 Å². The van der Waals surface area contributed by atoms with Gasteiger partial charge in [0, 0.05) is 22.1 Å². The summed E-state index contributed by atoms with van der Waals surface area (Å²) in [5.74, 6) is 3.00. The minimum absolute atomic E-state index is 0.804. The van der Waals surface area contributed by atoms with Crippen molar-refractivity contribution < 1.29 is 56.3 Å². The molecule has 0 saturated heterocycles. The number of hydrogen-bond donors (Lipinski definition) is 2. The fraction of sp³-hybridized carbons (Fsp3) is 0.200. The Bertz CT molecular complexity index is 569. The third-order valence-electron chi connectivity index (χ3n) is 1.54. The zero-order valence-electron chi connectivity index (χ0n) is 14.5. The van der Waals surface area contributed by atoms with Gasteiger partial charge in [0.25, 0.3) is 0 Å². The lowest BCUT2D eigenvalue weighted by Crippen LogP contribution is -2.02. The van der Waals surface area contributed by atoms with E-state index in [2.05, 4.69) is 10.9 Å². The second-order valence-corrected chi connectivity index (χ2v) is 4.07. The summed E-state index contributed by atoms with van der Waals surface area (Å²) in [6.07, 6.45) is 1.89. The standard InChI is InChI=1S/C8H6ClN.C2H6.3BF4.FH2N/c9-7-2-1-3-8-6(7)4-5-10-8;1-2;3*2-1(3,4)5;1-2/h1-5,10H;1-2H3;;;;2H2/q;;3*-1;. The van der Waals surface area contributed by atoms with Crippen LogP contribution < -0.4 is 5.96 Å². The molecule has 0 atom stereocenters. The Morgan fingerprint density at radius 3 is 1.28 bits per heavy atom. The molecule has 0 aliphatic heterocycles. The van der Waals surface area contributed by atoms with Crippen molar-refractivity contribution >= 4 is 44.3 Å². The molecule has 0 fully saturated rings. The monoisotopic (exact) mass is 477 g/mol. The Balaban J connectivity index is -0.000000144. The lowest BCUT2D eigenvalue weighted by atomic mass is 10.2. The molecule has 2 aromatic rings. The van der Waals surface area contributed by atoms with Gasteiger partial charge in [-0.2, -0.15) is 5.96 Å². The van der Waals surface area contributed by atoms with Gasteiger partial charge >= 0.3 is 21.8 Å². The molecule has 2 nitrogen and oxygen atoms in total. The Hall–Kier alpha value is -1.71. The van der Waals surface area contributed by atoms with Gasteiger partial charge in [-0.1, -0.05) is 31.5 Å². The molecule has 0 unspecified atom stereocenters. The molecule has 1 aromatic carbocycles. The zero-order chi connectivity index (χ0) is 24.5. The highest BCUT2D eigenvalue weighted by Crippen LogP contribution is 2.21. The predicted molar refractivity (Wildman–Crippen MR) is 90.5 cm³/mol. The van der Waals surface area contributed by atoms with Crippen molar-refractivity contribution in [1.82, 2.24) is 4.98 Å². The summed E-state index contributed by atoms with van der Waals surface area (Å²) in [7, 11) is -18.0. The topological polar surface area (TPSA) is 41.8 Å². The van der Waals surface area contributed by atoms with Crippen molar-refractivity contribution in [2.24, 2.45) is 5.96 Å². The van der Waals surface area contributed by atoms with Gasteiger partial charge in [0.15, 0.2) is 0 Å². The molecule has 0 radical (unpaired) electrons. The molecule has 0 spiro atoms. The number of nitrogens with one attached hydrogen (secondary N) is 1. The molecule has 0 bridgehead atoms. The minimum atomic E-state index is -6.00. The van der Waals surface area contributed by atoms with Crippen LogP contribution in [0.15, 0.2) is 30.5 Å². The summed E-state index contributed by atoms with van der Waals surface area (Å²) in [5.41, 5.74) is 1.09. The fourth-order valence-corrected chi connectivity index (χ4v) is 1.28. The van der Waals surface area contributed by atoms with Crippen molar-refractivity contribution in [1.29, 1.82) is 0 Å². The van der Waals surface area contributed by atoms with Gasteiger partial charge < -0.3 is 56.8 Å². The summed E-state index contributed by atoms with van der Waals surface area (Å²) < 4.78 is 126. The van der Waals surface area contributed by atoms with Gasteiger partial charge in [-0.25, -0.2) is 0 Å². The van der Waals surface area contributed by atoms with E-state index in [9.17, 15) is 51.8 Å². The minimum Gasteiger partial charge on any atom is -0.418 e. The van der Waals surface area contributed by atoms with E-state index in [1.54, 1.807) is 0 Å². The number of aromatic nitrogens is 1. The summed E-state index contributed by atoms with van der Waals surface area (Å²) in [4.78, 5) is 3.08. The predicted octanol–water partition coefficient (Wildman–Crippen LogP) is 7.58. The molecule has 2 rings (SSSR count). The molecular formula is C10H14B3ClF13N2-3. The fourth-order valence-electron chi connectivity index (χ4n) is 1.05. The number of H-pyrrole nitrogens is 1. The van der Waals surface area contributed by atoms with Crippen LogP contribution in [0.4, 0.5) is 56.3 Å². The summed E-state index contributed by atoms with van der Waals surface area (Å²) in [6.45, 7) is 4.00. The van der Waals surface area contributed by atoms with Crippen LogP contribution in [0, 0.1) is 0 Å². The lowest BCUT2D eigenvalue weighted by molar-refractivity contribution is 0.366. The average Bonchev–Trinajstić information content (AvgIpc) is 2.96. The molecule has 29 heavy (non-hydrogen) atoms. The number of benzene rings is 1. The summed E-state index contributed by atoms with van der Waals surface area (Å²) in [5, 5.41) is 1.89. The number of nitrogens with two attached hydrogens (primary N) is 1. The highest BCUT2D eigenvalue weighted by Gasteiger charge is 2.21. The molecule has 0 saturated carbocycles. The van der Waals surface area contributed by atoms with Gasteiger partial charge in [0.1, 0.15) is 0 Å². The van der Waals surface area contributed by atoms with E-state index < -0.39 is 21.8 Å². The smallest absolute Gasteiger partial charge is 0.418 e. The van der Waals surface area contributed by atoms with E-state index in [1.165, 1.54) is 0 Å². The second kappa shape index (κ2) is 17.2. The zero-order valence-corrected chi connectivity index (χ0v) is 15.2. The molecule has 19 heteroatoms. The van der Waals surface area contributed by atoms with E-state index in [1.807, 2.05) is 44.3 Å². The van der Waals surface area contributed by atoms with Crippen molar-refractivity contribution in [3.63, 3.8) is 0 Å². The Kier molecular flexibility index (Phi) is 20.6. The molecule has 0 aliphatic rings. The van der Waals surface area contributed by atoms with Crippen LogP contribution in [-0.4, -0.2) is 26.7 Å². The van der Waals surface area contributed by atoms with Crippen LogP contribution >= 0.6 is 11.6 Å². The number of hydrogen-bond acceptors (Lipinski definition) is 1. The first-order chi connectivity index (χ1) is 12.9. The van der Waals surface area contributed by atoms with Crippen molar-refractivity contribution in [3.05, 3.63) is 35.5 Å². The Morgan fingerprint density at radius 2 is 1.00 bits per heavy atom. The first-order valence-electron chi connectivity index (χ1n) is 6.93. The highest BCUT2D eigenvalue weighted by molar-refractivity contribution is 6.50. The second-order valence-electron chi connectivity index (χ2n) is 3.66. The highest BCUT2D eigenvalue weighted by atomic mass is 35.5. The first kappa shape index (κ1) is 34.8. The van der Waals surface area contributed by atoms with Gasteiger partial charge in [-0.3, -0.25) is 0 Å².